The van der Waals surface area contributed by atoms with E-state index in [1.807, 2.05) is 14.0 Å². The molecule has 1 aromatic carbocycles. The van der Waals surface area contributed by atoms with E-state index in [4.69, 9.17) is 10.00 Å². The van der Waals surface area contributed by atoms with E-state index < -0.39 is 0 Å². The fraction of sp³-hybridized carbons (Fsp3) is 0.500. The highest BCUT2D eigenvalue weighted by molar-refractivity contribution is 5.96. The number of nitrogens with zero attached hydrogens (tertiary/aromatic N) is 2. The predicted octanol–water partition coefficient (Wildman–Crippen LogP) is 2.53. The summed E-state index contributed by atoms with van der Waals surface area (Å²) < 4.78 is 4.75. The minimum atomic E-state index is -0.213. The molecule has 1 aliphatic heterocycles. The predicted molar refractivity (Wildman–Crippen MR) is 85.8 cm³/mol. The monoisotopic (exact) mass is 314 g/mol. The van der Waals surface area contributed by atoms with Gasteiger partial charge in [0, 0.05) is 18.7 Å². The summed E-state index contributed by atoms with van der Waals surface area (Å²) in [6, 6.07) is 7.44. The molecule has 5 heteroatoms. The van der Waals surface area contributed by atoms with Gasteiger partial charge < -0.3 is 9.64 Å². The molecule has 2 atom stereocenters. The molecule has 2 rings (SSSR count). The molecule has 0 aliphatic carbocycles. The number of hydrogen-bond acceptors (Lipinski definition) is 4. The molecule has 122 valence electrons. The summed E-state index contributed by atoms with van der Waals surface area (Å²) >= 11 is 0. The average molecular weight is 314 g/mol. The van der Waals surface area contributed by atoms with Crippen molar-refractivity contribution in [2.75, 3.05) is 14.2 Å². The second-order valence-electron chi connectivity index (χ2n) is 6.09. The summed E-state index contributed by atoms with van der Waals surface area (Å²) in [5.74, 6) is -0.397. The summed E-state index contributed by atoms with van der Waals surface area (Å²) in [4.78, 5) is 25.9. The number of amides is 1. The van der Waals surface area contributed by atoms with E-state index >= 15 is 0 Å². The molecule has 0 bridgehead atoms. The third-order valence-electron chi connectivity index (χ3n) is 4.62. The summed E-state index contributed by atoms with van der Waals surface area (Å²) in [7, 11) is 3.20. The number of aryl methyl sites for hydroxylation is 1. The van der Waals surface area contributed by atoms with E-state index in [0.29, 0.717) is 17.5 Å². The van der Waals surface area contributed by atoms with Gasteiger partial charge in [0.1, 0.15) is 0 Å². The Morgan fingerprint density at radius 2 is 2.26 bits per heavy atom. The molecular formula is C18H22N2O3. The third kappa shape index (κ3) is 3.70. The molecule has 0 spiro atoms. The molecule has 0 fully saturated rings. The number of nitriles is 1. The first-order chi connectivity index (χ1) is 11.0. The van der Waals surface area contributed by atoms with Gasteiger partial charge in [-0.2, -0.15) is 5.26 Å². The van der Waals surface area contributed by atoms with Gasteiger partial charge in [0.2, 0.25) is 0 Å². The van der Waals surface area contributed by atoms with Crippen LogP contribution in [0.15, 0.2) is 18.2 Å². The minimum Gasteiger partial charge on any atom is -0.469 e. The van der Waals surface area contributed by atoms with Crippen LogP contribution in [0.5, 0.6) is 0 Å². The van der Waals surface area contributed by atoms with Crippen LogP contribution in [0.4, 0.5) is 0 Å². The van der Waals surface area contributed by atoms with Crippen molar-refractivity contribution in [2.45, 2.75) is 38.6 Å². The number of carbonyl (C=O) groups excluding carboxylic acids is 2. The maximum atomic E-state index is 12.6. The SMILES string of the molecule is COC(=O)[C@H](C)CC[C@H]1CCc2cc(C#N)ccc2C(=O)N1C. The van der Waals surface area contributed by atoms with Gasteiger partial charge in [0.05, 0.1) is 24.7 Å². The average Bonchev–Trinajstić information content (AvgIpc) is 2.69. The second-order valence-corrected chi connectivity index (χ2v) is 6.09. The third-order valence-corrected chi connectivity index (χ3v) is 4.62. The quantitative estimate of drug-likeness (QED) is 0.801. The van der Waals surface area contributed by atoms with Crippen molar-refractivity contribution in [1.82, 2.24) is 4.90 Å². The van der Waals surface area contributed by atoms with Crippen LogP contribution in [-0.4, -0.2) is 37.0 Å². The second kappa shape index (κ2) is 7.28. The normalized spacial score (nSPS) is 18.6. The number of hydrogen-bond donors (Lipinski definition) is 0. The number of rotatable bonds is 4. The van der Waals surface area contributed by atoms with Crippen molar-refractivity contribution in [1.29, 1.82) is 5.26 Å². The maximum Gasteiger partial charge on any atom is 0.308 e. The summed E-state index contributed by atoms with van der Waals surface area (Å²) in [6.45, 7) is 1.85. The van der Waals surface area contributed by atoms with Gasteiger partial charge in [0.15, 0.2) is 0 Å². The molecule has 23 heavy (non-hydrogen) atoms. The molecule has 0 saturated carbocycles. The van der Waals surface area contributed by atoms with Crippen LogP contribution in [0.3, 0.4) is 0 Å². The van der Waals surface area contributed by atoms with Crippen molar-refractivity contribution in [3.63, 3.8) is 0 Å². The summed E-state index contributed by atoms with van der Waals surface area (Å²) in [6.07, 6.45) is 3.04. The van der Waals surface area contributed by atoms with Crippen LogP contribution < -0.4 is 0 Å². The lowest BCUT2D eigenvalue weighted by atomic mass is 9.96. The Morgan fingerprint density at radius 3 is 2.91 bits per heavy atom. The van der Waals surface area contributed by atoms with Crippen LogP contribution in [0.25, 0.3) is 0 Å². The van der Waals surface area contributed by atoms with Gasteiger partial charge in [0.25, 0.3) is 5.91 Å². The Labute approximate surface area is 136 Å². The number of esters is 1. The fourth-order valence-corrected chi connectivity index (χ4v) is 3.05. The summed E-state index contributed by atoms with van der Waals surface area (Å²) in [5, 5.41) is 9.01. The molecule has 0 radical (unpaired) electrons. The van der Waals surface area contributed by atoms with Crippen molar-refractivity contribution in [2.24, 2.45) is 5.92 Å². The molecule has 5 nitrogen and oxygen atoms in total. The van der Waals surface area contributed by atoms with Crippen molar-refractivity contribution in [3.8, 4) is 6.07 Å². The van der Waals surface area contributed by atoms with E-state index in [0.717, 1.165) is 24.8 Å². The van der Waals surface area contributed by atoms with Crippen LogP contribution in [0, 0.1) is 17.2 Å². The fourth-order valence-electron chi connectivity index (χ4n) is 3.05. The molecule has 1 heterocycles. The zero-order valence-electron chi connectivity index (χ0n) is 13.8. The Kier molecular flexibility index (Phi) is 5.38. The van der Waals surface area contributed by atoms with Crippen molar-refractivity contribution in [3.05, 3.63) is 34.9 Å². The lowest BCUT2D eigenvalue weighted by molar-refractivity contribution is -0.145. The smallest absolute Gasteiger partial charge is 0.308 e. The standard InChI is InChI=1S/C18H22N2O3/c1-12(18(22)23-3)4-7-15-8-6-14-10-13(11-19)5-9-16(14)17(21)20(15)2/h5,9-10,12,15H,4,6-8H2,1-3H3/t12-,15+/m1/s1. The van der Waals surface area contributed by atoms with E-state index in [-0.39, 0.29) is 23.8 Å². The van der Waals surface area contributed by atoms with Gasteiger partial charge in [-0.1, -0.05) is 6.92 Å². The first kappa shape index (κ1) is 17.0. The Hall–Kier alpha value is -2.35. The topological polar surface area (TPSA) is 70.4 Å². The van der Waals surface area contributed by atoms with Gasteiger partial charge in [-0.3, -0.25) is 9.59 Å². The first-order valence-corrected chi connectivity index (χ1v) is 7.86. The van der Waals surface area contributed by atoms with Gasteiger partial charge >= 0.3 is 5.97 Å². The van der Waals surface area contributed by atoms with Gasteiger partial charge in [-0.05, 0) is 49.4 Å². The van der Waals surface area contributed by atoms with Crippen molar-refractivity contribution < 1.29 is 14.3 Å². The number of methoxy groups -OCH3 is 1. The number of benzene rings is 1. The number of carbonyl (C=O) groups is 2. The Bertz CT molecular complexity index is 648. The molecular weight excluding hydrogens is 292 g/mol. The lowest BCUT2D eigenvalue weighted by Gasteiger charge is -2.27. The molecule has 0 saturated heterocycles. The van der Waals surface area contributed by atoms with E-state index in [9.17, 15) is 9.59 Å². The molecule has 1 amide bonds. The van der Waals surface area contributed by atoms with Crippen LogP contribution in [0.1, 0.15) is 47.7 Å². The number of fused-ring (bicyclic) bond motifs is 1. The molecule has 1 aromatic rings. The largest absolute Gasteiger partial charge is 0.469 e. The molecule has 0 unspecified atom stereocenters. The summed E-state index contributed by atoms with van der Waals surface area (Å²) in [5.41, 5.74) is 2.19. The van der Waals surface area contributed by atoms with Crippen LogP contribution >= 0.6 is 0 Å². The van der Waals surface area contributed by atoms with Crippen LogP contribution in [0.2, 0.25) is 0 Å². The van der Waals surface area contributed by atoms with Crippen LogP contribution in [-0.2, 0) is 16.0 Å². The lowest BCUT2D eigenvalue weighted by Crippen LogP contribution is -2.36. The van der Waals surface area contributed by atoms with Gasteiger partial charge in [-0.25, -0.2) is 0 Å². The van der Waals surface area contributed by atoms with Crippen molar-refractivity contribution >= 4 is 11.9 Å². The molecule has 0 aromatic heterocycles. The van der Waals surface area contributed by atoms with E-state index in [1.54, 1.807) is 23.1 Å². The highest BCUT2D eigenvalue weighted by Gasteiger charge is 2.28. The van der Waals surface area contributed by atoms with E-state index in [1.165, 1.54) is 7.11 Å². The number of ether oxygens (including phenoxy) is 1. The van der Waals surface area contributed by atoms with E-state index in [2.05, 4.69) is 6.07 Å². The Balaban J connectivity index is 2.11. The highest BCUT2D eigenvalue weighted by Crippen LogP contribution is 2.25. The Morgan fingerprint density at radius 1 is 1.52 bits per heavy atom. The zero-order chi connectivity index (χ0) is 17.0. The zero-order valence-corrected chi connectivity index (χ0v) is 13.8. The first-order valence-electron chi connectivity index (χ1n) is 7.86. The van der Waals surface area contributed by atoms with Gasteiger partial charge in [-0.15, -0.1) is 0 Å². The minimum absolute atomic E-state index is 0.0160. The molecule has 1 aliphatic rings. The highest BCUT2D eigenvalue weighted by atomic mass is 16.5. The molecule has 0 N–H and O–H groups in total. The maximum absolute atomic E-state index is 12.6.